The Balaban J connectivity index is 2.07. The van der Waals surface area contributed by atoms with E-state index in [1.54, 1.807) is 24.2 Å². The molecule has 0 radical (unpaired) electrons. The van der Waals surface area contributed by atoms with E-state index in [0.29, 0.717) is 18.8 Å². The maximum atomic E-state index is 12.2. The highest BCUT2D eigenvalue weighted by Crippen LogP contribution is 2.24. The van der Waals surface area contributed by atoms with Gasteiger partial charge in [0.25, 0.3) is 5.91 Å². The van der Waals surface area contributed by atoms with Gasteiger partial charge in [0.15, 0.2) is 0 Å². The molecule has 0 spiro atoms. The number of benzene rings is 1. The number of hydrogen-bond acceptors (Lipinski definition) is 4. The van der Waals surface area contributed by atoms with E-state index >= 15 is 0 Å². The lowest BCUT2D eigenvalue weighted by atomic mass is 10.1. The predicted octanol–water partition coefficient (Wildman–Crippen LogP) is 1.34. The van der Waals surface area contributed by atoms with Gasteiger partial charge in [-0.3, -0.25) is 4.79 Å². The van der Waals surface area contributed by atoms with Crippen LogP contribution in [0.15, 0.2) is 36.8 Å². The van der Waals surface area contributed by atoms with Crippen LogP contribution in [0.25, 0.3) is 0 Å². The van der Waals surface area contributed by atoms with E-state index in [1.807, 2.05) is 31.2 Å². The second-order valence-electron chi connectivity index (χ2n) is 4.72. The molecule has 1 aromatic carbocycles. The minimum atomic E-state index is -0.218. The average Bonchev–Trinajstić information content (AvgIpc) is 2.96. The summed E-state index contributed by atoms with van der Waals surface area (Å²) in [5, 5.41) is 2.92. The largest absolute Gasteiger partial charge is 0.496 e. The number of hydrogen-bond donors (Lipinski definition) is 2. The molecule has 0 saturated heterocycles. The van der Waals surface area contributed by atoms with Gasteiger partial charge in [-0.15, -0.1) is 0 Å². The first kappa shape index (κ1) is 15.1. The fraction of sp³-hybridized carbons (Fsp3) is 0.333. The van der Waals surface area contributed by atoms with Gasteiger partial charge in [0.2, 0.25) is 0 Å². The number of para-hydroxylation sites is 1. The molecule has 0 bridgehead atoms. The molecule has 6 heteroatoms. The van der Waals surface area contributed by atoms with Crippen molar-refractivity contribution in [2.75, 3.05) is 13.7 Å². The number of carbonyl (C=O) groups is 1. The lowest BCUT2D eigenvalue weighted by molar-refractivity contribution is 0.0935. The number of nitrogens with one attached hydrogen (secondary N) is 1. The highest BCUT2D eigenvalue weighted by atomic mass is 16.5. The van der Waals surface area contributed by atoms with Crippen LogP contribution in [0.4, 0.5) is 0 Å². The van der Waals surface area contributed by atoms with E-state index in [1.165, 1.54) is 0 Å². The van der Waals surface area contributed by atoms with Crippen LogP contribution < -0.4 is 15.8 Å². The molecule has 1 amide bonds. The smallest absolute Gasteiger partial charge is 0.271 e. The molecule has 0 saturated carbocycles. The van der Waals surface area contributed by atoms with Crippen molar-refractivity contribution >= 4 is 5.91 Å². The standard InChI is InChI=1S/C15H20N4O2/c1-11(12-5-3-4-6-14(12)21-2)18-15(20)13-9-19(8-7-16)10-17-13/h3-6,9-11H,7-8,16H2,1-2H3,(H,18,20)/t11-/m0/s1. The van der Waals surface area contributed by atoms with Crippen LogP contribution in [-0.2, 0) is 6.54 Å². The number of methoxy groups -OCH3 is 1. The topological polar surface area (TPSA) is 82.2 Å². The zero-order valence-corrected chi connectivity index (χ0v) is 12.2. The normalized spacial score (nSPS) is 12.0. The Bertz CT molecular complexity index is 609. The van der Waals surface area contributed by atoms with Gasteiger partial charge in [-0.1, -0.05) is 18.2 Å². The second-order valence-corrected chi connectivity index (χ2v) is 4.72. The maximum absolute atomic E-state index is 12.2. The number of nitrogens with zero attached hydrogens (tertiary/aromatic N) is 2. The van der Waals surface area contributed by atoms with Crippen molar-refractivity contribution in [2.24, 2.45) is 5.73 Å². The molecular formula is C15H20N4O2. The first-order chi connectivity index (χ1) is 10.2. The van der Waals surface area contributed by atoms with E-state index < -0.39 is 0 Å². The Morgan fingerprint density at radius 3 is 2.95 bits per heavy atom. The van der Waals surface area contributed by atoms with Crippen molar-refractivity contribution in [2.45, 2.75) is 19.5 Å². The number of rotatable bonds is 6. The Kier molecular flexibility index (Phi) is 4.94. The second kappa shape index (κ2) is 6.90. The van der Waals surface area contributed by atoms with Crippen LogP contribution in [0, 0.1) is 0 Å². The van der Waals surface area contributed by atoms with E-state index in [0.717, 1.165) is 11.3 Å². The van der Waals surface area contributed by atoms with Gasteiger partial charge >= 0.3 is 0 Å². The molecule has 112 valence electrons. The van der Waals surface area contributed by atoms with Crippen LogP contribution in [-0.4, -0.2) is 29.1 Å². The van der Waals surface area contributed by atoms with Gasteiger partial charge < -0.3 is 20.4 Å². The molecule has 1 aromatic heterocycles. The van der Waals surface area contributed by atoms with Crippen molar-refractivity contribution in [3.8, 4) is 5.75 Å². The third kappa shape index (κ3) is 3.61. The van der Waals surface area contributed by atoms with Gasteiger partial charge in [0.1, 0.15) is 11.4 Å². The van der Waals surface area contributed by atoms with Gasteiger partial charge in [-0.2, -0.15) is 0 Å². The summed E-state index contributed by atoms with van der Waals surface area (Å²) in [5.41, 5.74) is 6.78. The van der Waals surface area contributed by atoms with Crippen molar-refractivity contribution in [3.05, 3.63) is 48.0 Å². The molecule has 6 nitrogen and oxygen atoms in total. The molecule has 0 aliphatic rings. The summed E-state index contributed by atoms with van der Waals surface area (Å²) in [6.45, 7) is 3.06. The Labute approximate surface area is 123 Å². The van der Waals surface area contributed by atoms with Crippen LogP contribution in [0.5, 0.6) is 5.75 Å². The molecule has 2 rings (SSSR count). The summed E-state index contributed by atoms with van der Waals surface area (Å²) >= 11 is 0. The fourth-order valence-electron chi connectivity index (χ4n) is 2.12. The van der Waals surface area contributed by atoms with Crippen molar-refractivity contribution in [3.63, 3.8) is 0 Å². The Hall–Kier alpha value is -2.34. The monoisotopic (exact) mass is 288 g/mol. The van der Waals surface area contributed by atoms with Crippen molar-refractivity contribution in [1.29, 1.82) is 0 Å². The van der Waals surface area contributed by atoms with Crippen LogP contribution in [0.1, 0.15) is 29.0 Å². The molecule has 0 unspecified atom stereocenters. The highest BCUT2D eigenvalue weighted by molar-refractivity contribution is 5.92. The van der Waals surface area contributed by atoms with Crippen LogP contribution >= 0.6 is 0 Å². The summed E-state index contributed by atoms with van der Waals surface area (Å²) in [4.78, 5) is 16.3. The third-order valence-electron chi connectivity index (χ3n) is 3.21. The molecule has 1 atom stereocenters. The zero-order valence-electron chi connectivity index (χ0n) is 12.2. The number of amides is 1. The quantitative estimate of drug-likeness (QED) is 0.840. The summed E-state index contributed by atoms with van der Waals surface area (Å²) in [6, 6.07) is 7.43. The van der Waals surface area contributed by atoms with Crippen molar-refractivity contribution in [1.82, 2.24) is 14.9 Å². The number of carbonyl (C=O) groups excluding carboxylic acids is 1. The summed E-state index contributed by atoms with van der Waals surface area (Å²) in [7, 11) is 1.61. The highest BCUT2D eigenvalue weighted by Gasteiger charge is 2.16. The summed E-state index contributed by atoms with van der Waals surface area (Å²) in [6.07, 6.45) is 3.30. The van der Waals surface area contributed by atoms with Gasteiger partial charge in [0, 0.05) is 24.8 Å². The number of imidazole rings is 1. The first-order valence-corrected chi connectivity index (χ1v) is 6.81. The molecule has 0 fully saturated rings. The number of nitrogens with two attached hydrogens (primary N) is 1. The SMILES string of the molecule is COc1ccccc1[C@H](C)NC(=O)c1cn(CCN)cn1. The minimum Gasteiger partial charge on any atom is -0.496 e. The van der Waals surface area contributed by atoms with Gasteiger partial charge in [0.05, 0.1) is 19.5 Å². The lowest BCUT2D eigenvalue weighted by Gasteiger charge is -2.16. The van der Waals surface area contributed by atoms with E-state index in [-0.39, 0.29) is 11.9 Å². The molecule has 1 heterocycles. The number of aromatic nitrogens is 2. The number of ether oxygens (including phenoxy) is 1. The van der Waals surface area contributed by atoms with Gasteiger partial charge in [-0.25, -0.2) is 4.98 Å². The summed E-state index contributed by atoms with van der Waals surface area (Å²) < 4.78 is 7.10. The van der Waals surface area contributed by atoms with E-state index in [9.17, 15) is 4.79 Å². The Morgan fingerprint density at radius 1 is 1.48 bits per heavy atom. The maximum Gasteiger partial charge on any atom is 0.271 e. The molecule has 2 aromatic rings. The predicted molar refractivity (Wildman–Crippen MR) is 80.2 cm³/mol. The zero-order chi connectivity index (χ0) is 15.2. The lowest BCUT2D eigenvalue weighted by Crippen LogP contribution is -2.27. The minimum absolute atomic E-state index is 0.173. The van der Waals surface area contributed by atoms with Gasteiger partial charge in [-0.05, 0) is 13.0 Å². The van der Waals surface area contributed by atoms with Crippen molar-refractivity contribution < 1.29 is 9.53 Å². The molecule has 0 aliphatic heterocycles. The third-order valence-corrected chi connectivity index (χ3v) is 3.21. The molecule has 21 heavy (non-hydrogen) atoms. The molecule has 0 aliphatic carbocycles. The average molecular weight is 288 g/mol. The molecular weight excluding hydrogens is 268 g/mol. The fourth-order valence-corrected chi connectivity index (χ4v) is 2.12. The van der Waals surface area contributed by atoms with Crippen LogP contribution in [0.3, 0.4) is 0 Å². The first-order valence-electron chi connectivity index (χ1n) is 6.81. The van der Waals surface area contributed by atoms with E-state index in [4.69, 9.17) is 10.5 Å². The Morgan fingerprint density at radius 2 is 2.24 bits per heavy atom. The summed E-state index contributed by atoms with van der Waals surface area (Å²) in [5.74, 6) is 0.531. The van der Waals surface area contributed by atoms with Crippen LogP contribution in [0.2, 0.25) is 0 Å². The molecule has 3 N–H and O–H groups in total. The van der Waals surface area contributed by atoms with E-state index in [2.05, 4.69) is 10.3 Å².